The standard InChI is InChI=1S/C41H22F8N4/c42-28-14-18-29(33(43)22-28)30-15-11-25(39-51-37(23-7-3-1-4-8-23)50-38(52-39)24-9-5-2-6-10-24)19-34(30)53-35-20-26(40(44,45)46)12-16-31(35)32-17-13-27(21-36(32)53)41(47,48)49/h1-22H. The summed E-state index contributed by atoms with van der Waals surface area (Å²) in [4.78, 5) is 14.1. The Morgan fingerprint density at radius 3 is 1.38 bits per heavy atom. The summed E-state index contributed by atoms with van der Waals surface area (Å²) in [7, 11) is 0. The molecular weight excluding hydrogens is 700 g/mol. The van der Waals surface area contributed by atoms with Crippen LogP contribution < -0.4 is 0 Å². The van der Waals surface area contributed by atoms with Crippen LogP contribution in [0.1, 0.15) is 11.1 Å². The topological polar surface area (TPSA) is 43.6 Å². The SMILES string of the molecule is Fc1ccc(-c2ccc(-c3nc(-c4ccccc4)nc(-c4ccccc4)n3)cc2-n2c3cc(C(F)(F)F)ccc3c3ccc(C(F)(F)F)cc32)c(F)c1. The van der Waals surface area contributed by atoms with E-state index in [1.165, 1.54) is 28.8 Å². The van der Waals surface area contributed by atoms with E-state index in [-0.39, 0.29) is 50.0 Å². The van der Waals surface area contributed by atoms with Crippen molar-refractivity contribution in [3.8, 4) is 51.0 Å². The molecule has 0 spiro atoms. The lowest BCUT2D eigenvalue weighted by Gasteiger charge is -2.17. The average molecular weight is 723 g/mol. The van der Waals surface area contributed by atoms with Crippen LogP contribution in [0.15, 0.2) is 133 Å². The van der Waals surface area contributed by atoms with Gasteiger partial charge in [-0.1, -0.05) is 84.9 Å². The molecule has 0 fully saturated rings. The molecule has 0 saturated heterocycles. The number of rotatable bonds is 5. The molecular formula is C41H22F8N4. The van der Waals surface area contributed by atoms with E-state index in [9.17, 15) is 30.7 Å². The van der Waals surface area contributed by atoms with E-state index in [4.69, 9.17) is 9.97 Å². The molecule has 4 nitrogen and oxygen atoms in total. The van der Waals surface area contributed by atoms with E-state index in [2.05, 4.69) is 4.98 Å². The van der Waals surface area contributed by atoms with E-state index in [0.29, 0.717) is 28.8 Å². The van der Waals surface area contributed by atoms with Gasteiger partial charge in [0.05, 0.1) is 27.8 Å². The maximum atomic E-state index is 15.6. The Hall–Kier alpha value is -6.43. The minimum absolute atomic E-state index is 0.00501. The van der Waals surface area contributed by atoms with Gasteiger partial charge in [-0.3, -0.25) is 0 Å². The molecule has 0 atom stereocenters. The fraction of sp³-hybridized carbons (Fsp3) is 0.0488. The third-order valence-corrected chi connectivity index (χ3v) is 8.84. The van der Waals surface area contributed by atoms with Gasteiger partial charge in [-0.05, 0) is 42.5 Å². The van der Waals surface area contributed by atoms with Gasteiger partial charge < -0.3 is 4.57 Å². The van der Waals surface area contributed by atoms with Crippen molar-refractivity contribution in [3.05, 3.63) is 156 Å². The summed E-state index contributed by atoms with van der Waals surface area (Å²) in [6.45, 7) is 0. The van der Waals surface area contributed by atoms with E-state index in [0.717, 1.165) is 36.4 Å². The van der Waals surface area contributed by atoms with Gasteiger partial charge in [0.25, 0.3) is 0 Å². The van der Waals surface area contributed by atoms with Crippen LogP contribution in [0.25, 0.3) is 72.8 Å². The maximum absolute atomic E-state index is 15.6. The highest BCUT2D eigenvalue weighted by molar-refractivity contribution is 6.10. The molecule has 0 amide bonds. The van der Waals surface area contributed by atoms with Crippen LogP contribution >= 0.6 is 0 Å². The van der Waals surface area contributed by atoms with Gasteiger partial charge in [-0.25, -0.2) is 23.7 Å². The molecule has 0 unspecified atom stereocenters. The van der Waals surface area contributed by atoms with Gasteiger partial charge in [-0.2, -0.15) is 26.3 Å². The van der Waals surface area contributed by atoms with Crippen LogP contribution in [0.3, 0.4) is 0 Å². The minimum Gasteiger partial charge on any atom is -0.309 e. The number of hydrogen-bond acceptors (Lipinski definition) is 3. The summed E-state index contributed by atoms with van der Waals surface area (Å²) in [6, 6.07) is 31.1. The van der Waals surface area contributed by atoms with E-state index in [1.807, 2.05) is 12.1 Å². The molecule has 6 aromatic carbocycles. The number of halogens is 8. The quantitative estimate of drug-likeness (QED) is 0.166. The number of fused-ring (bicyclic) bond motifs is 3. The molecule has 2 heterocycles. The van der Waals surface area contributed by atoms with Crippen molar-refractivity contribution in [2.24, 2.45) is 0 Å². The molecule has 0 saturated carbocycles. The molecule has 0 radical (unpaired) electrons. The number of alkyl halides is 6. The Labute approximate surface area is 295 Å². The minimum atomic E-state index is -4.80. The second kappa shape index (κ2) is 12.7. The van der Waals surface area contributed by atoms with Crippen molar-refractivity contribution in [1.29, 1.82) is 0 Å². The highest BCUT2D eigenvalue weighted by atomic mass is 19.4. The zero-order valence-corrected chi connectivity index (χ0v) is 27.0. The predicted octanol–water partition coefficient (Wildman–Crippen LogP) is 12.0. The van der Waals surface area contributed by atoms with E-state index < -0.39 is 35.1 Å². The van der Waals surface area contributed by atoms with Crippen LogP contribution in [-0.2, 0) is 12.4 Å². The fourth-order valence-electron chi connectivity index (χ4n) is 6.36. The average Bonchev–Trinajstić information content (AvgIpc) is 3.47. The van der Waals surface area contributed by atoms with E-state index in [1.54, 1.807) is 54.6 Å². The lowest BCUT2D eigenvalue weighted by molar-refractivity contribution is -0.138. The molecule has 0 bridgehead atoms. The highest BCUT2D eigenvalue weighted by Gasteiger charge is 2.34. The molecule has 0 aliphatic heterocycles. The first-order valence-corrected chi connectivity index (χ1v) is 16.0. The number of nitrogens with zero attached hydrogens (tertiary/aromatic N) is 4. The van der Waals surface area contributed by atoms with E-state index >= 15 is 4.39 Å². The van der Waals surface area contributed by atoms with Gasteiger partial charge in [0.2, 0.25) is 0 Å². The summed E-state index contributed by atoms with van der Waals surface area (Å²) in [5.41, 5.74) is -0.789. The van der Waals surface area contributed by atoms with Crippen molar-refractivity contribution in [3.63, 3.8) is 0 Å². The van der Waals surface area contributed by atoms with Crippen molar-refractivity contribution < 1.29 is 35.1 Å². The summed E-state index contributed by atoms with van der Waals surface area (Å²) in [5, 5.41) is 0.436. The predicted molar refractivity (Wildman–Crippen MR) is 186 cm³/mol. The van der Waals surface area contributed by atoms with Crippen molar-refractivity contribution in [2.75, 3.05) is 0 Å². The van der Waals surface area contributed by atoms with Gasteiger partial charge >= 0.3 is 12.4 Å². The van der Waals surface area contributed by atoms with Crippen LogP contribution in [0.2, 0.25) is 0 Å². The van der Waals surface area contributed by atoms with Crippen LogP contribution in [0, 0.1) is 11.6 Å². The Kier molecular flexibility index (Phi) is 8.05. The van der Waals surface area contributed by atoms with Crippen LogP contribution in [0.5, 0.6) is 0 Å². The zero-order chi connectivity index (χ0) is 37.1. The first-order chi connectivity index (χ1) is 25.3. The third kappa shape index (κ3) is 6.26. The normalized spacial score (nSPS) is 12.2. The fourth-order valence-corrected chi connectivity index (χ4v) is 6.36. The smallest absolute Gasteiger partial charge is 0.309 e. The number of aromatic nitrogens is 4. The molecule has 0 aliphatic rings. The Balaban J connectivity index is 1.47. The number of hydrogen-bond donors (Lipinski definition) is 0. The first-order valence-electron chi connectivity index (χ1n) is 16.0. The van der Waals surface area contributed by atoms with Crippen LogP contribution in [-0.4, -0.2) is 19.5 Å². The summed E-state index contributed by atoms with van der Waals surface area (Å²) in [6.07, 6.45) is -9.60. The lowest BCUT2D eigenvalue weighted by atomic mass is 9.99. The van der Waals surface area contributed by atoms with Gasteiger partial charge in [0.15, 0.2) is 17.5 Å². The Morgan fingerprint density at radius 2 is 0.906 bits per heavy atom. The highest BCUT2D eigenvalue weighted by Crippen LogP contribution is 2.42. The number of benzene rings is 6. The van der Waals surface area contributed by atoms with Gasteiger partial charge in [0, 0.05) is 44.7 Å². The second-order valence-corrected chi connectivity index (χ2v) is 12.2. The van der Waals surface area contributed by atoms with Crippen molar-refractivity contribution in [1.82, 2.24) is 19.5 Å². The maximum Gasteiger partial charge on any atom is 0.416 e. The second-order valence-electron chi connectivity index (χ2n) is 12.2. The van der Waals surface area contributed by atoms with Gasteiger partial charge in [-0.15, -0.1) is 0 Å². The molecule has 0 N–H and O–H groups in total. The Morgan fingerprint density at radius 1 is 0.434 bits per heavy atom. The molecule has 8 aromatic rings. The monoisotopic (exact) mass is 722 g/mol. The largest absolute Gasteiger partial charge is 0.416 e. The lowest BCUT2D eigenvalue weighted by Crippen LogP contribution is -2.06. The van der Waals surface area contributed by atoms with Crippen molar-refractivity contribution in [2.45, 2.75) is 12.4 Å². The van der Waals surface area contributed by atoms with Gasteiger partial charge in [0.1, 0.15) is 11.6 Å². The molecule has 262 valence electrons. The molecule has 2 aromatic heterocycles. The third-order valence-electron chi connectivity index (χ3n) is 8.84. The summed E-state index contributed by atoms with van der Waals surface area (Å²) < 4.78 is 116. The summed E-state index contributed by atoms with van der Waals surface area (Å²) in [5.74, 6) is -1.15. The Bertz CT molecular complexity index is 2540. The first kappa shape index (κ1) is 33.7. The summed E-state index contributed by atoms with van der Waals surface area (Å²) >= 11 is 0. The molecule has 53 heavy (non-hydrogen) atoms. The molecule has 12 heteroatoms. The molecule has 0 aliphatic carbocycles. The van der Waals surface area contributed by atoms with Crippen LogP contribution in [0.4, 0.5) is 35.1 Å². The van der Waals surface area contributed by atoms with Crippen molar-refractivity contribution >= 4 is 21.8 Å². The zero-order valence-electron chi connectivity index (χ0n) is 27.0. The molecule has 8 rings (SSSR count).